The molecular formula is C9H10N2OS2. The first-order chi connectivity index (χ1) is 6.74. The summed E-state index contributed by atoms with van der Waals surface area (Å²) in [6.07, 6.45) is 1.97. The Morgan fingerprint density at radius 2 is 2.29 bits per heavy atom. The quantitative estimate of drug-likeness (QED) is 0.565. The molecule has 5 heteroatoms. The Hall–Kier alpha value is -0.780. The highest BCUT2D eigenvalue weighted by Gasteiger charge is 2.38. The van der Waals surface area contributed by atoms with Crippen molar-refractivity contribution in [3.63, 3.8) is 0 Å². The Balaban J connectivity index is 2.13. The van der Waals surface area contributed by atoms with Crippen molar-refractivity contribution in [2.45, 2.75) is 6.17 Å². The van der Waals surface area contributed by atoms with Gasteiger partial charge in [0, 0.05) is 5.56 Å². The molecule has 1 atom stereocenters. The van der Waals surface area contributed by atoms with Crippen LogP contribution in [0.4, 0.5) is 0 Å². The van der Waals surface area contributed by atoms with Crippen molar-refractivity contribution in [1.29, 1.82) is 0 Å². The van der Waals surface area contributed by atoms with Crippen molar-refractivity contribution in [1.82, 2.24) is 10.4 Å². The summed E-state index contributed by atoms with van der Waals surface area (Å²) in [6.45, 7) is 0. The molecule has 0 amide bonds. The maximum absolute atomic E-state index is 9.58. The van der Waals surface area contributed by atoms with Gasteiger partial charge in [-0.05, 0) is 12.3 Å². The van der Waals surface area contributed by atoms with E-state index in [1.807, 2.05) is 23.4 Å². The number of thiocarbonyl (C=S) groups is 1. The highest BCUT2D eigenvalue weighted by atomic mass is 32.2. The van der Waals surface area contributed by atoms with Gasteiger partial charge in [0.1, 0.15) is 11.9 Å². The van der Waals surface area contributed by atoms with Crippen LogP contribution >= 0.6 is 24.0 Å². The number of para-hydroxylation sites is 1. The fourth-order valence-electron chi connectivity index (χ4n) is 1.28. The molecule has 0 bridgehead atoms. The number of nitrogens with one attached hydrogen (secondary N) is 1. The average molecular weight is 226 g/mol. The van der Waals surface area contributed by atoms with Crippen LogP contribution in [0.15, 0.2) is 24.3 Å². The van der Waals surface area contributed by atoms with Crippen molar-refractivity contribution in [2.24, 2.45) is 0 Å². The molecule has 1 aliphatic rings. The molecule has 14 heavy (non-hydrogen) atoms. The van der Waals surface area contributed by atoms with Crippen LogP contribution in [0.3, 0.4) is 0 Å². The van der Waals surface area contributed by atoms with Crippen molar-refractivity contribution in [2.75, 3.05) is 6.26 Å². The molecule has 0 aliphatic carbocycles. The Morgan fingerprint density at radius 3 is 2.93 bits per heavy atom. The summed E-state index contributed by atoms with van der Waals surface area (Å²) in [5, 5.41) is 11.4. The summed E-state index contributed by atoms with van der Waals surface area (Å²) < 4.78 is 0.790. The van der Waals surface area contributed by atoms with E-state index in [1.54, 1.807) is 12.1 Å². The number of nitrogens with zero attached hydrogens (tertiary/aromatic N) is 1. The predicted molar refractivity (Wildman–Crippen MR) is 61.9 cm³/mol. The maximum Gasteiger partial charge on any atom is 0.152 e. The second-order valence-corrected chi connectivity index (χ2v) is 4.37. The van der Waals surface area contributed by atoms with Crippen LogP contribution in [0, 0.1) is 0 Å². The standard InChI is InChI=1S/C9H10N2OS2/c1-14-9(13)11-8(10-11)6-4-2-3-5-7(6)12/h2-5,8,10,12H,1H3. The lowest BCUT2D eigenvalue weighted by atomic mass is 10.2. The molecular weight excluding hydrogens is 216 g/mol. The van der Waals surface area contributed by atoms with Gasteiger partial charge in [0.15, 0.2) is 4.32 Å². The number of phenolic OH excluding ortho intramolecular Hbond substituents is 1. The molecule has 1 aromatic carbocycles. The Bertz CT molecular complexity index is 370. The zero-order valence-electron chi connectivity index (χ0n) is 7.60. The van der Waals surface area contributed by atoms with Gasteiger partial charge >= 0.3 is 0 Å². The van der Waals surface area contributed by atoms with E-state index in [2.05, 4.69) is 5.43 Å². The largest absolute Gasteiger partial charge is 0.508 e. The van der Waals surface area contributed by atoms with Crippen LogP contribution in [0.2, 0.25) is 0 Å². The molecule has 1 unspecified atom stereocenters. The third kappa shape index (κ3) is 1.70. The third-order valence-corrected chi connectivity index (χ3v) is 3.30. The van der Waals surface area contributed by atoms with Gasteiger partial charge < -0.3 is 5.11 Å². The van der Waals surface area contributed by atoms with E-state index in [9.17, 15) is 5.11 Å². The lowest BCUT2D eigenvalue weighted by Gasteiger charge is -2.02. The summed E-state index contributed by atoms with van der Waals surface area (Å²) >= 11 is 6.62. The van der Waals surface area contributed by atoms with Crippen LogP contribution in [0.25, 0.3) is 0 Å². The Morgan fingerprint density at radius 1 is 1.57 bits per heavy atom. The van der Waals surface area contributed by atoms with Gasteiger partial charge in [0.25, 0.3) is 0 Å². The van der Waals surface area contributed by atoms with Gasteiger partial charge in [-0.2, -0.15) is 0 Å². The minimum absolute atomic E-state index is 0.0381. The van der Waals surface area contributed by atoms with Crippen molar-refractivity contribution < 1.29 is 5.11 Å². The Kier molecular flexibility index (Phi) is 2.62. The number of benzene rings is 1. The van der Waals surface area contributed by atoms with Crippen molar-refractivity contribution in [3.05, 3.63) is 29.8 Å². The lowest BCUT2D eigenvalue weighted by molar-refractivity contribution is 0.466. The van der Waals surface area contributed by atoms with Crippen LogP contribution in [0.1, 0.15) is 11.7 Å². The minimum atomic E-state index is 0.0381. The second kappa shape index (κ2) is 3.76. The van der Waals surface area contributed by atoms with Gasteiger partial charge in [-0.1, -0.05) is 42.2 Å². The van der Waals surface area contributed by atoms with Crippen LogP contribution in [-0.2, 0) is 0 Å². The SMILES string of the molecule is CSC(=S)N1NC1c1ccccc1O. The maximum atomic E-state index is 9.58. The molecule has 74 valence electrons. The molecule has 3 nitrogen and oxygen atoms in total. The van der Waals surface area contributed by atoms with E-state index in [0.29, 0.717) is 5.75 Å². The summed E-state index contributed by atoms with van der Waals surface area (Å²) in [4.78, 5) is 0. The molecule has 0 spiro atoms. The molecule has 0 saturated carbocycles. The first-order valence-corrected chi connectivity index (χ1v) is 5.78. The van der Waals surface area contributed by atoms with Gasteiger partial charge in [-0.25, -0.2) is 5.43 Å². The number of aromatic hydroxyl groups is 1. The first-order valence-electron chi connectivity index (χ1n) is 4.15. The van der Waals surface area contributed by atoms with E-state index >= 15 is 0 Å². The van der Waals surface area contributed by atoms with Gasteiger partial charge in [-0.15, -0.1) is 0 Å². The fraction of sp³-hybridized carbons (Fsp3) is 0.222. The average Bonchev–Trinajstić information content (AvgIpc) is 2.97. The lowest BCUT2D eigenvalue weighted by Crippen LogP contribution is -2.05. The van der Waals surface area contributed by atoms with E-state index in [0.717, 1.165) is 9.88 Å². The minimum Gasteiger partial charge on any atom is -0.508 e. The Labute approximate surface area is 92.1 Å². The molecule has 1 aromatic rings. The zero-order chi connectivity index (χ0) is 10.1. The first kappa shape index (κ1) is 9.76. The zero-order valence-corrected chi connectivity index (χ0v) is 9.23. The van der Waals surface area contributed by atoms with Crippen LogP contribution in [-0.4, -0.2) is 20.7 Å². The van der Waals surface area contributed by atoms with Crippen molar-refractivity contribution in [3.8, 4) is 5.75 Å². The van der Waals surface area contributed by atoms with E-state index in [-0.39, 0.29) is 6.17 Å². The monoisotopic (exact) mass is 226 g/mol. The molecule has 0 radical (unpaired) electrons. The van der Waals surface area contributed by atoms with Crippen LogP contribution in [0.5, 0.6) is 5.75 Å². The smallest absolute Gasteiger partial charge is 0.152 e. The number of phenols is 1. The highest BCUT2D eigenvalue weighted by Crippen LogP contribution is 2.35. The highest BCUT2D eigenvalue weighted by molar-refractivity contribution is 8.22. The molecule has 1 saturated heterocycles. The number of hydrazine groups is 1. The normalized spacial score (nSPS) is 19.5. The summed E-state index contributed by atoms with van der Waals surface area (Å²) in [7, 11) is 0. The number of rotatable bonds is 1. The molecule has 1 fully saturated rings. The molecule has 0 aromatic heterocycles. The molecule has 1 heterocycles. The predicted octanol–water partition coefficient (Wildman–Crippen LogP) is 1.86. The van der Waals surface area contributed by atoms with E-state index < -0.39 is 0 Å². The van der Waals surface area contributed by atoms with Gasteiger partial charge in [0.05, 0.1) is 0 Å². The van der Waals surface area contributed by atoms with Crippen molar-refractivity contribution >= 4 is 28.3 Å². The number of hydrogen-bond donors (Lipinski definition) is 2. The molecule has 2 rings (SSSR count). The fourth-order valence-corrected chi connectivity index (χ4v) is 1.80. The summed E-state index contributed by atoms with van der Waals surface area (Å²) in [6, 6.07) is 7.26. The number of hydrogen-bond acceptors (Lipinski definition) is 4. The third-order valence-electron chi connectivity index (χ3n) is 2.05. The van der Waals surface area contributed by atoms with Gasteiger partial charge in [0.2, 0.25) is 0 Å². The van der Waals surface area contributed by atoms with Gasteiger partial charge in [-0.3, -0.25) is 5.01 Å². The number of thioether (sulfide) groups is 1. The summed E-state index contributed by atoms with van der Waals surface area (Å²) in [5.74, 6) is 0.302. The van der Waals surface area contributed by atoms with E-state index in [1.165, 1.54) is 11.8 Å². The summed E-state index contributed by atoms with van der Waals surface area (Å²) in [5.41, 5.74) is 3.95. The van der Waals surface area contributed by atoms with E-state index in [4.69, 9.17) is 12.2 Å². The molecule has 2 N–H and O–H groups in total. The molecule has 1 aliphatic heterocycles. The van der Waals surface area contributed by atoms with Crippen LogP contribution < -0.4 is 5.43 Å². The second-order valence-electron chi connectivity index (χ2n) is 2.93. The topological polar surface area (TPSA) is 45.2 Å².